The number of sulfonamides is 1. The lowest BCUT2D eigenvalue weighted by Gasteiger charge is -2.17. The largest absolute Gasteiger partial charge is 0.545 e. The van der Waals surface area contributed by atoms with Crippen LogP contribution in [-0.4, -0.2) is 40.0 Å². The van der Waals surface area contributed by atoms with E-state index in [-0.39, 0.29) is 29.3 Å². The van der Waals surface area contributed by atoms with Crippen LogP contribution in [-0.2, 0) is 14.8 Å². The molecule has 27 heavy (non-hydrogen) atoms. The number of rotatable bonds is 6. The topological polar surface area (TPSA) is 116 Å². The Morgan fingerprint density at radius 3 is 2.33 bits per heavy atom. The second kappa shape index (κ2) is 7.37. The van der Waals surface area contributed by atoms with Gasteiger partial charge in [0.2, 0.25) is 15.9 Å². The standard InChI is InChI=1S/C18H18N2O6S/c1-26-15-6-4-14(5-7-15)20-11-13(10-17(20)21)19-27(24,25)16-8-2-12(3-9-16)18(22)23/h2-9,13,19H,10-11H2,1H3,(H,22,23)/p-1/t13-/m0/s1. The Balaban J connectivity index is 1.72. The molecule has 1 N–H and O–H groups in total. The maximum Gasteiger partial charge on any atom is 0.240 e. The number of carbonyl (C=O) groups is 2. The molecule has 0 spiro atoms. The molecule has 0 bridgehead atoms. The molecule has 2 aromatic rings. The van der Waals surface area contributed by atoms with Crippen LogP contribution >= 0.6 is 0 Å². The summed E-state index contributed by atoms with van der Waals surface area (Å²) in [4.78, 5) is 24.5. The number of carbonyl (C=O) groups excluding carboxylic acids is 2. The molecule has 0 saturated carbocycles. The minimum atomic E-state index is -3.89. The molecular weight excluding hydrogens is 372 g/mol. The van der Waals surface area contributed by atoms with Gasteiger partial charge in [-0.1, -0.05) is 12.1 Å². The van der Waals surface area contributed by atoms with Crippen molar-refractivity contribution in [2.45, 2.75) is 17.4 Å². The van der Waals surface area contributed by atoms with E-state index in [0.29, 0.717) is 11.4 Å². The van der Waals surface area contributed by atoms with Crippen LogP contribution in [0.25, 0.3) is 0 Å². The molecule has 0 unspecified atom stereocenters. The first-order valence-corrected chi connectivity index (χ1v) is 9.56. The molecule has 1 aliphatic rings. The predicted octanol–water partition coefficient (Wildman–Crippen LogP) is 0.143. The van der Waals surface area contributed by atoms with Crippen LogP contribution in [0.5, 0.6) is 5.75 Å². The van der Waals surface area contributed by atoms with Crippen LogP contribution in [0.2, 0.25) is 0 Å². The molecule has 8 nitrogen and oxygen atoms in total. The van der Waals surface area contributed by atoms with Crippen molar-refractivity contribution < 1.29 is 27.9 Å². The van der Waals surface area contributed by atoms with Gasteiger partial charge in [-0.25, -0.2) is 13.1 Å². The third kappa shape index (κ3) is 4.09. The fourth-order valence-electron chi connectivity index (χ4n) is 2.86. The summed E-state index contributed by atoms with van der Waals surface area (Å²) in [6.45, 7) is 0.196. The lowest BCUT2D eigenvalue weighted by atomic mass is 10.2. The van der Waals surface area contributed by atoms with Crippen LogP contribution in [0.4, 0.5) is 5.69 Å². The molecule has 1 saturated heterocycles. The number of carboxylic acids is 1. The Kier molecular flexibility index (Phi) is 5.15. The number of hydrogen-bond acceptors (Lipinski definition) is 6. The Morgan fingerprint density at radius 1 is 1.15 bits per heavy atom. The first-order chi connectivity index (χ1) is 12.8. The van der Waals surface area contributed by atoms with Gasteiger partial charge in [-0.2, -0.15) is 0 Å². The predicted molar refractivity (Wildman–Crippen MR) is 94.8 cm³/mol. The highest BCUT2D eigenvalue weighted by Gasteiger charge is 2.33. The zero-order valence-electron chi connectivity index (χ0n) is 14.4. The summed E-state index contributed by atoms with van der Waals surface area (Å²) >= 11 is 0. The summed E-state index contributed by atoms with van der Waals surface area (Å²) in [5, 5.41) is 10.8. The highest BCUT2D eigenvalue weighted by atomic mass is 32.2. The van der Waals surface area contributed by atoms with Gasteiger partial charge < -0.3 is 19.5 Å². The van der Waals surface area contributed by atoms with E-state index >= 15 is 0 Å². The molecule has 1 amide bonds. The molecule has 2 aromatic carbocycles. The Morgan fingerprint density at radius 2 is 1.78 bits per heavy atom. The first-order valence-electron chi connectivity index (χ1n) is 8.08. The molecular formula is C18H17N2O6S-. The van der Waals surface area contributed by atoms with Gasteiger partial charge in [0.15, 0.2) is 0 Å². The molecule has 1 fully saturated rings. The quantitative estimate of drug-likeness (QED) is 0.751. The third-order valence-electron chi connectivity index (χ3n) is 4.23. The van der Waals surface area contributed by atoms with Gasteiger partial charge in [-0.05, 0) is 42.0 Å². The smallest absolute Gasteiger partial charge is 0.240 e. The fraction of sp³-hybridized carbons (Fsp3) is 0.222. The molecule has 142 valence electrons. The normalized spacial score (nSPS) is 17.1. The van der Waals surface area contributed by atoms with Crippen molar-refractivity contribution in [2.75, 3.05) is 18.6 Å². The average Bonchev–Trinajstić information content (AvgIpc) is 3.01. The van der Waals surface area contributed by atoms with Gasteiger partial charge in [0.25, 0.3) is 0 Å². The van der Waals surface area contributed by atoms with Crippen LogP contribution in [0.15, 0.2) is 53.4 Å². The van der Waals surface area contributed by atoms with Crippen molar-refractivity contribution in [3.05, 3.63) is 54.1 Å². The maximum atomic E-state index is 12.5. The van der Waals surface area contributed by atoms with Crippen molar-refractivity contribution >= 4 is 27.6 Å². The number of amides is 1. The molecule has 3 rings (SSSR count). The number of anilines is 1. The monoisotopic (exact) mass is 389 g/mol. The zero-order chi connectivity index (χ0) is 19.6. The van der Waals surface area contributed by atoms with Crippen LogP contribution in [0.1, 0.15) is 16.8 Å². The van der Waals surface area contributed by atoms with E-state index in [1.807, 2.05) is 0 Å². The number of hydrogen-bond donors (Lipinski definition) is 1. The highest BCUT2D eigenvalue weighted by Crippen LogP contribution is 2.25. The molecule has 1 atom stereocenters. The maximum absolute atomic E-state index is 12.5. The lowest BCUT2D eigenvalue weighted by Crippen LogP contribution is -2.37. The number of nitrogens with one attached hydrogen (secondary N) is 1. The van der Waals surface area contributed by atoms with Crippen molar-refractivity contribution in [2.24, 2.45) is 0 Å². The van der Waals surface area contributed by atoms with E-state index in [9.17, 15) is 23.1 Å². The minimum absolute atomic E-state index is 0.0301. The fourth-order valence-corrected chi connectivity index (χ4v) is 4.08. The van der Waals surface area contributed by atoms with Crippen LogP contribution in [0, 0.1) is 0 Å². The molecule has 0 radical (unpaired) electrons. The molecule has 1 heterocycles. The molecule has 1 aliphatic heterocycles. The summed E-state index contributed by atoms with van der Waals surface area (Å²) in [6.07, 6.45) is 0.0301. The summed E-state index contributed by atoms with van der Waals surface area (Å²) < 4.78 is 32.5. The zero-order valence-corrected chi connectivity index (χ0v) is 15.2. The Bertz CT molecular complexity index is 954. The number of benzene rings is 2. The van der Waals surface area contributed by atoms with Gasteiger partial charge in [-0.15, -0.1) is 0 Å². The number of ether oxygens (including phenoxy) is 1. The van der Waals surface area contributed by atoms with E-state index in [0.717, 1.165) is 12.1 Å². The number of carboxylic acid groups (broad SMARTS) is 1. The van der Waals surface area contributed by atoms with Gasteiger partial charge in [0, 0.05) is 24.7 Å². The number of methoxy groups -OCH3 is 1. The van der Waals surface area contributed by atoms with Gasteiger partial charge >= 0.3 is 0 Å². The van der Waals surface area contributed by atoms with Gasteiger partial charge in [0.1, 0.15) is 5.75 Å². The minimum Gasteiger partial charge on any atom is -0.545 e. The Labute approximate surface area is 156 Å². The summed E-state index contributed by atoms with van der Waals surface area (Å²) in [5.74, 6) is -0.925. The van der Waals surface area contributed by atoms with E-state index in [4.69, 9.17) is 4.74 Å². The van der Waals surface area contributed by atoms with Gasteiger partial charge in [-0.3, -0.25) is 4.79 Å². The van der Waals surface area contributed by atoms with Crippen molar-refractivity contribution in [3.8, 4) is 5.75 Å². The van der Waals surface area contributed by atoms with Gasteiger partial charge in [0.05, 0.1) is 18.0 Å². The van der Waals surface area contributed by atoms with E-state index < -0.39 is 22.0 Å². The molecule has 0 aromatic heterocycles. The van der Waals surface area contributed by atoms with E-state index in [1.165, 1.54) is 17.0 Å². The SMILES string of the molecule is COc1ccc(N2C[C@@H](NS(=O)(=O)c3ccc(C(=O)[O-])cc3)CC2=O)cc1. The number of aromatic carboxylic acids is 1. The molecule has 9 heteroatoms. The second-order valence-electron chi connectivity index (χ2n) is 6.04. The Hall–Kier alpha value is -2.91. The van der Waals surface area contributed by atoms with Crippen molar-refractivity contribution in [1.82, 2.24) is 4.72 Å². The van der Waals surface area contributed by atoms with E-state index in [1.54, 1.807) is 31.4 Å². The lowest BCUT2D eigenvalue weighted by molar-refractivity contribution is -0.255. The third-order valence-corrected chi connectivity index (χ3v) is 5.77. The van der Waals surface area contributed by atoms with E-state index in [2.05, 4.69) is 4.72 Å². The second-order valence-corrected chi connectivity index (χ2v) is 7.75. The first kappa shape index (κ1) is 18.9. The molecule has 0 aliphatic carbocycles. The summed E-state index contributed by atoms with van der Waals surface area (Å²) in [5.41, 5.74) is 0.538. The number of nitrogens with zero attached hydrogens (tertiary/aromatic N) is 1. The van der Waals surface area contributed by atoms with Crippen molar-refractivity contribution in [3.63, 3.8) is 0 Å². The van der Waals surface area contributed by atoms with Crippen molar-refractivity contribution in [1.29, 1.82) is 0 Å². The average molecular weight is 389 g/mol. The van der Waals surface area contributed by atoms with Crippen LogP contribution < -0.4 is 19.5 Å². The summed E-state index contributed by atoms with van der Waals surface area (Å²) in [6, 6.07) is 11.0. The van der Waals surface area contributed by atoms with Crippen LogP contribution in [0.3, 0.4) is 0 Å². The summed E-state index contributed by atoms with van der Waals surface area (Å²) in [7, 11) is -2.35. The highest BCUT2D eigenvalue weighted by molar-refractivity contribution is 7.89.